The third-order valence-electron chi connectivity index (χ3n) is 15.7. The van der Waals surface area contributed by atoms with Gasteiger partial charge in [-0.1, -0.05) is 306 Å². The van der Waals surface area contributed by atoms with Gasteiger partial charge in [0.05, 0.1) is 40.3 Å². The van der Waals surface area contributed by atoms with Crippen LogP contribution in [0.3, 0.4) is 0 Å². The van der Waals surface area contributed by atoms with Crippen molar-refractivity contribution in [2.75, 3.05) is 47.5 Å². The molecule has 0 rings (SSSR count). The Kier molecular flexibility index (Phi) is 62.6. The zero-order chi connectivity index (χ0) is 60.5. The molecule has 0 aromatic carbocycles. The van der Waals surface area contributed by atoms with E-state index >= 15 is 0 Å². The highest BCUT2D eigenvalue weighted by Crippen LogP contribution is 2.18. The van der Waals surface area contributed by atoms with Gasteiger partial charge >= 0.3 is 11.9 Å². The summed E-state index contributed by atoms with van der Waals surface area (Å²) in [6.07, 6.45) is 81.8. The molecule has 0 saturated carbocycles. The number of quaternary nitrogens is 1. The second kappa shape index (κ2) is 65.0. The summed E-state index contributed by atoms with van der Waals surface area (Å²) in [7, 11) is 5.94. The standard InChI is InChI=1S/C74H135NO8/c1-6-8-10-12-14-16-18-20-22-24-26-27-28-29-30-31-32-33-34-35-36-37-38-39-40-41-42-43-44-45-47-49-51-53-55-57-59-61-63-65-72(77)83-70(69-82-74(73(78)79)80-67-66-75(3,4)5)68-81-71(76)64-62-60-58-56-54-52-50-48-46-25-23-21-19-17-15-13-11-9-7-2/h8,10,14,16,20-23,26-27,70,74H,6-7,9,11-13,15,17-19,24-25,28-69H2,1-5H3/b10-8-,16-14-,22-20-,23-21-,27-26-. The van der Waals surface area contributed by atoms with Crippen LogP contribution in [0.2, 0.25) is 0 Å². The molecule has 9 heteroatoms. The van der Waals surface area contributed by atoms with Gasteiger partial charge in [0.15, 0.2) is 12.4 Å². The number of unbranched alkanes of at least 4 members (excludes halogenated alkanes) is 41. The fourth-order valence-electron chi connectivity index (χ4n) is 10.4. The average Bonchev–Trinajstić information content (AvgIpc) is 3.46. The Bertz CT molecular complexity index is 1550. The maximum absolute atomic E-state index is 12.9. The number of hydrogen-bond acceptors (Lipinski definition) is 8. The Hall–Kier alpha value is -3.01. The van der Waals surface area contributed by atoms with Crippen molar-refractivity contribution in [2.45, 2.75) is 347 Å². The van der Waals surface area contributed by atoms with Crippen LogP contribution in [-0.2, 0) is 33.3 Å². The summed E-state index contributed by atoms with van der Waals surface area (Å²) in [6, 6.07) is 0. The first-order valence-electron chi connectivity index (χ1n) is 35.4. The molecule has 9 nitrogen and oxygen atoms in total. The van der Waals surface area contributed by atoms with Crippen molar-refractivity contribution in [1.29, 1.82) is 0 Å². The van der Waals surface area contributed by atoms with Crippen molar-refractivity contribution >= 4 is 17.9 Å². The van der Waals surface area contributed by atoms with Crippen molar-refractivity contribution in [3.8, 4) is 0 Å². The Morgan fingerprint density at radius 1 is 0.373 bits per heavy atom. The number of carbonyl (C=O) groups is 3. The first-order valence-corrected chi connectivity index (χ1v) is 35.4. The van der Waals surface area contributed by atoms with Crippen LogP contribution < -0.4 is 5.11 Å². The average molecular weight is 1170 g/mol. The van der Waals surface area contributed by atoms with Gasteiger partial charge in [0, 0.05) is 12.8 Å². The van der Waals surface area contributed by atoms with Crippen molar-refractivity contribution < 1.29 is 42.9 Å². The van der Waals surface area contributed by atoms with Crippen LogP contribution in [0.15, 0.2) is 60.8 Å². The maximum atomic E-state index is 12.9. The molecule has 0 aromatic rings. The molecule has 0 aliphatic heterocycles. The molecule has 0 bridgehead atoms. The van der Waals surface area contributed by atoms with E-state index in [1.165, 1.54) is 244 Å². The highest BCUT2D eigenvalue weighted by Gasteiger charge is 2.22. The summed E-state index contributed by atoms with van der Waals surface area (Å²) in [5, 5.41) is 11.8. The molecule has 0 N–H and O–H groups in total. The molecule has 0 radical (unpaired) electrons. The van der Waals surface area contributed by atoms with Crippen LogP contribution in [0, 0.1) is 0 Å². The van der Waals surface area contributed by atoms with Gasteiger partial charge in [0.2, 0.25) is 0 Å². The van der Waals surface area contributed by atoms with Crippen LogP contribution in [-0.4, -0.2) is 82.3 Å². The second-order valence-electron chi connectivity index (χ2n) is 25.1. The molecule has 83 heavy (non-hydrogen) atoms. The van der Waals surface area contributed by atoms with E-state index in [-0.39, 0.29) is 32.2 Å². The molecular weight excluding hydrogens is 1030 g/mol. The molecule has 0 spiro atoms. The van der Waals surface area contributed by atoms with Crippen molar-refractivity contribution in [1.82, 2.24) is 0 Å². The van der Waals surface area contributed by atoms with Gasteiger partial charge in [-0.2, -0.15) is 0 Å². The number of carboxylic acid groups (broad SMARTS) is 1. The molecular formula is C74H135NO8. The third-order valence-corrected chi connectivity index (χ3v) is 15.7. The Labute approximate surface area is 514 Å². The molecule has 0 aromatic heterocycles. The fourth-order valence-corrected chi connectivity index (χ4v) is 10.4. The molecule has 0 aliphatic carbocycles. The number of allylic oxidation sites excluding steroid dienone is 10. The topological polar surface area (TPSA) is 111 Å². The number of carbonyl (C=O) groups excluding carboxylic acids is 3. The van der Waals surface area contributed by atoms with Crippen LogP contribution in [0.4, 0.5) is 0 Å². The summed E-state index contributed by atoms with van der Waals surface area (Å²) < 4.78 is 22.8. The molecule has 2 unspecified atom stereocenters. The largest absolute Gasteiger partial charge is 0.545 e. The normalized spacial score (nSPS) is 13.0. The van der Waals surface area contributed by atoms with E-state index in [1.54, 1.807) is 0 Å². The first kappa shape index (κ1) is 80.0. The highest BCUT2D eigenvalue weighted by molar-refractivity contribution is 5.70. The smallest absolute Gasteiger partial charge is 0.306 e. The molecule has 2 atom stereocenters. The van der Waals surface area contributed by atoms with Gasteiger partial charge < -0.3 is 33.3 Å². The van der Waals surface area contributed by atoms with E-state index in [4.69, 9.17) is 18.9 Å². The predicted molar refractivity (Wildman–Crippen MR) is 352 cm³/mol. The van der Waals surface area contributed by atoms with Gasteiger partial charge in [-0.05, 0) is 77.0 Å². The number of likely N-dealkylation sites (N-methyl/N-ethyl adjacent to an activating group) is 1. The van der Waals surface area contributed by atoms with Gasteiger partial charge in [0.1, 0.15) is 13.2 Å². The lowest BCUT2D eigenvalue weighted by Gasteiger charge is -2.26. The monoisotopic (exact) mass is 1170 g/mol. The number of esters is 2. The van der Waals surface area contributed by atoms with E-state index in [2.05, 4.69) is 74.6 Å². The summed E-state index contributed by atoms with van der Waals surface area (Å²) >= 11 is 0. The first-order chi connectivity index (χ1) is 40.6. The number of carboxylic acids is 1. The van der Waals surface area contributed by atoms with Gasteiger partial charge in [-0.15, -0.1) is 0 Å². The minimum atomic E-state index is -1.62. The van der Waals surface area contributed by atoms with Crippen molar-refractivity contribution in [3.05, 3.63) is 60.8 Å². The highest BCUT2D eigenvalue weighted by atomic mass is 16.7. The zero-order valence-electron chi connectivity index (χ0n) is 55.3. The van der Waals surface area contributed by atoms with E-state index in [9.17, 15) is 19.5 Å². The van der Waals surface area contributed by atoms with Crippen LogP contribution >= 0.6 is 0 Å². The number of rotatable bonds is 66. The Morgan fingerprint density at radius 2 is 0.687 bits per heavy atom. The number of aliphatic carboxylic acids is 1. The van der Waals surface area contributed by atoms with Crippen molar-refractivity contribution in [2.24, 2.45) is 0 Å². The third kappa shape index (κ3) is 66.4. The lowest BCUT2D eigenvalue weighted by molar-refractivity contribution is -0.870. The SMILES string of the molecule is CC/C=C\C/C=C\C/C=C\C/C=C\CCCCCCCCCCCCCCCCCCCCCCCCCCCCC(=O)OC(COC(=O)CCCCCCCCCCC/C=C\CCCCCCCC)COC(OCC[N+](C)(C)C)C(=O)[O-]. The van der Waals surface area contributed by atoms with Crippen molar-refractivity contribution in [3.63, 3.8) is 0 Å². The Morgan fingerprint density at radius 3 is 1.04 bits per heavy atom. The molecule has 0 saturated heterocycles. The second-order valence-corrected chi connectivity index (χ2v) is 25.1. The van der Waals surface area contributed by atoms with E-state index < -0.39 is 24.3 Å². The summed E-state index contributed by atoms with van der Waals surface area (Å²) in [5.41, 5.74) is 0. The van der Waals surface area contributed by atoms with Gasteiger partial charge in [-0.25, -0.2) is 0 Å². The summed E-state index contributed by atoms with van der Waals surface area (Å²) in [5.74, 6) is -2.26. The lowest BCUT2D eigenvalue weighted by atomic mass is 10.0. The predicted octanol–water partition coefficient (Wildman–Crippen LogP) is 20.6. The number of nitrogens with zero attached hydrogens (tertiary/aromatic N) is 1. The molecule has 0 aliphatic rings. The zero-order valence-corrected chi connectivity index (χ0v) is 55.3. The number of hydrogen-bond donors (Lipinski definition) is 0. The van der Waals surface area contributed by atoms with E-state index in [0.717, 1.165) is 64.2 Å². The summed E-state index contributed by atoms with van der Waals surface area (Å²) in [6.45, 7) is 4.68. The number of ether oxygens (including phenoxy) is 4. The van der Waals surface area contributed by atoms with E-state index in [1.807, 2.05) is 21.1 Å². The van der Waals surface area contributed by atoms with Gasteiger partial charge in [-0.3, -0.25) is 9.59 Å². The van der Waals surface area contributed by atoms with Crippen LogP contribution in [0.25, 0.3) is 0 Å². The maximum Gasteiger partial charge on any atom is 0.306 e. The Balaban J connectivity index is 3.97. The quantitative estimate of drug-likeness (QED) is 0.0195. The lowest BCUT2D eigenvalue weighted by Crippen LogP contribution is -2.44. The minimum absolute atomic E-state index is 0.149. The molecule has 484 valence electrons. The van der Waals surface area contributed by atoms with Crippen LogP contribution in [0.5, 0.6) is 0 Å². The van der Waals surface area contributed by atoms with E-state index in [0.29, 0.717) is 17.4 Å². The van der Waals surface area contributed by atoms with Crippen LogP contribution in [0.1, 0.15) is 335 Å². The molecule has 0 fully saturated rings. The molecule has 0 heterocycles. The fraction of sp³-hybridized carbons (Fsp3) is 0.824. The minimum Gasteiger partial charge on any atom is -0.545 e. The van der Waals surface area contributed by atoms with Gasteiger partial charge in [0.25, 0.3) is 0 Å². The summed E-state index contributed by atoms with van der Waals surface area (Å²) in [4.78, 5) is 37.4. The molecule has 0 amide bonds.